The molecule has 0 aliphatic carbocycles. The van der Waals surface area contributed by atoms with E-state index in [2.05, 4.69) is 15.9 Å². The summed E-state index contributed by atoms with van der Waals surface area (Å²) in [6, 6.07) is 6.79. The number of alkyl halides is 2. The number of rotatable bonds is 1. The van der Waals surface area contributed by atoms with E-state index in [0.29, 0.717) is 5.56 Å². The second-order valence-electron chi connectivity index (χ2n) is 1.85. The van der Waals surface area contributed by atoms with Gasteiger partial charge >= 0.3 is 0 Å². The molecule has 0 radical (unpaired) electrons. The zero-order chi connectivity index (χ0) is 7.56. The van der Waals surface area contributed by atoms with Gasteiger partial charge in [-0.15, -0.1) is 0 Å². The predicted octanol–water partition coefficient (Wildman–Crippen LogP) is 3.66. The maximum absolute atomic E-state index is 12.3. The van der Waals surface area contributed by atoms with E-state index in [1.807, 2.05) is 0 Å². The molecule has 10 heavy (non-hydrogen) atoms. The molecule has 1 aromatic carbocycles. The molecule has 54 valence electrons. The highest BCUT2D eigenvalue weighted by molar-refractivity contribution is 9.10. The molecular formula is C7H5BrClF. The molecule has 1 atom stereocenters. The summed E-state index contributed by atoms with van der Waals surface area (Å²) in [5.74, 6) is 0. The van der Waals surface area contributed by atoms with Gasteiger partial charge in [0.2, 0.25) is 0 Å². The lowest BCUT2D eigenvalue weighted by Gasteiger charge is -1.98. The van der Waals surface area contributed by atoms with Gasteiger partial charge in [0.25, 0.3) is 0 Å². The molecule has 0 fully saturated rings. The molecular weight excluding hydrogens is 218 g/mol. The number of hydrogen-bond donors (Lipinski definition) is 0. The molecule has 1 unspecified atom stereocenters. The molecule has 0 saturated carbocycles. The minimum absolute atomic E-state index is 0.491. The molecule has 0 aliphatic heterocycles. The van der Waals surface area contributed by atoms with Gasteiger partial charge in [-0.3, -0.25) is 0 Å². The topological polar surface area (TPSA) is 0 Å². The standard InChI is InChI=1S/C7H5BrClF/c8-6-3-1-5(2-4-6)7(9)10/h1-4,7H. The molecule has 0 saturated heterocycles. The van der Waals surface area contributed by atoms with Crippen molar-refractivity contribution in [1.29, 1.82) is 0 Å². The second kappa shape index (κ2) is 3.35. The first-order chi connectivity index (χ1) is 4.70. The lowest BCUT2D eigenvalue weighted by Crippen LogP contribution is -1.79. The van der Waals surface area contributed by atoms with Crippen LogP contribution < -0.4 is 0 Å². The Morgan fingerprint density at radius 2 is 1.80 bits per heavy atom. The molecule has 0 bridgehead atoms. The van der Waals surface area contributed by atoms with Crippen molar-refractivity contribution in [1.82, 2.24) is 0 Å². The van der Waals surface area contributed by atoms with Crippen molar-refractivity contribution in [3.8, 4) is 0 Å². The SMILES string of the molecule is FC(Cl)c1ccc(Br)cc1. The summed E-state index contributed by atoms with van der Waals surface area (Å²) >= 11 is 8.40. The largest absolute Gasteiger partial charge is 0.225 e. The van der Waals surface area contributed by atoms with Crippen LogP contribution in [0.25, 0.3) is 0 Å². The summed E-state index contributed by atoms with van der Waals surface area (Å²) in [6.45, 7) is 0. The predicted molar refractivity (Wildman–Crippen MR) is 43.8 cm³/mol. The summed E-state index contributed by atoms with van der Waals surface area (Å²) in [6.07, 6.45) is 0. The van der Waals surface area contributed by atoms with Gasteiger partial charge in [0, 0.05) is 10.0 Å². The van der Waals surface area contributed by atoms with Gasteiger partial charge in [-0.1, -0.05) is 39.7 Å². The summed E-state index contributed by atoms with van der Waals surface area (Å²) in [7, 11) is 0. The molecule has 1 aromatic rings. The zero-order valence-corrected chi connectivity index (χ0v) is 7.36. The smallest absolute Gasteiger partial charge is 0.198 e. The van der Waals surface area contributed by atoms with Crippen LogP contribution in [0.1, 0.15) is 11.2 Å². The van der Waals surface area contributed by atoms with E-state index in [4.69, 9.17) is 11.6 Å². The van der Waals surface area contributed by atoms with Crippen LogP contribution in [0.2, 0.25) is 0 Å². The summed E-state index contributed by atoms with van der Waals surface area (Å²) in [5, 5.41) is 0. The lowest BCUT2D eigenvalue weighted by atomic mass is 10.2. The third-order valence-corrected chi connectivity index (χ3v) is 1.90. The fourth-order valence-corrected chi connectivity index (χ4v) is 1.02. The fraction of sp³-hybridized carbons (Fsp3) is 0.143. The maximum Gasteiger partial charge on any atom is 0.198 e. The van der Waals surface area contributed by atoms with Crippen molar-refractivity contribution in [2.24, 2.45) is 0 Å². The summed E-state index contributed by atoms with van der Waals surface area (Å²) < 4.78 is 13.2. The zero-order valence-electron chi connectivity index (χ0n) is 5.02. The summed E-state index contributed by atoms with van der Waals surface area (Å²) in [4.78, 5) is 0. The Morgan fingerprint density at radius 3 is 2.20 bits per heavy atom. The molecule has 0 heterocycles. The highest BCUT2D eigenvalue weighted by Crippen LogP contribution is 2.22. The first-order valence-electron chi connectivity index (χ1n) is 2.74. The van der Waals surface area contributed by atoms with Gasteiger partial charge in [-0.05, 0) is 12.1 Å². The fourth-order valence-electron chi connectivity index (χ4n) is 0.608. The minimum Gasteiger partial charge on any atom is -0.225 e. The molecule has 0 aliphatic rings. The van der Waals surface area contributed by atoms with Crippen LogP contribution >= 0.6 is 27.5 Å². The molecule has 0 spiro atoms. The Kier molecular flexibility index (Phi) is 2.69. The first kappa shape index (κ1) is 8.02. The van der Waals surface area contributed by atoms with Gasteiger partial charge in [0.15, 0.2) is 5.63 Å². The van der Waals surface area contributed by atoms with Crippen molar-refractivity contribution >= 4 is 27.5 Å². The van der Waals surface area contributed by atoms with E-state index < -0.39 is 5.63 Å². The van der Waals surface area contributed by atoms with Gasteiger partial charge in [-0.25, -0.2) is 4.39 Å². The third-order valence-electron chi connectivity index (χ3n) is 1.12. The first-order valence-corrected chi connectivity index (χ1v) is 3.96. The quantitative estimate of drug-likeness (QED) is 0.638. The van der Waals surface area contributed by atoms with Crippen LogP contribution in [0.5, 0.6) is 0 Å². The van der Waals surface area contributed by atoms with Crippen LogP contribution in [0, 0.1) is 0 Å². The minimum atomic E-state index is -1.40. The van der Waals surface area contributed by atoms with Crippen LogP contribution in [0.4, 0.5) is 4.39 Å². The van der Waals surface area contributed by atoms with E-state index in [-0.39, 0.29) is 0 Å². The maximum atomic E-state index is 12.3. The molecule has 1 rings (SSSR count). The van der Waals surface area contributed by atoms with E-state index in [9.17, 15) is 4.39 Å². The highest BCUT2D eigenvalue weighted by Gasteiger charge is 2.02. The highest BCUT2D eigenvalue weighted by atomic mass is 79.9. The Balaban J connectivity index is 2.89. The normalized spacial score (nSPS) is 13.1. The average molecular weight is 223 g/mol. The average Bonchev–Trinajstić information content (AvgIpc) is 1.88. The second-order valence-corrected chi connectivity index (χ2v) is 3.15. The van der Waals surface area contributed by atoms with Crippen molar-refractivity contribution in [2.45, 2.75) is 5.63 Å². The Labute approximate surface area is 72.1 Å². The van der Waals surface area contributed by atoms with Gasteiger partial charge in [0.1, 0.15) is 0 Å². The van der Waals surface area contributed by atoms with Crippen LogP contribution in [0.3, 0.4) is 0 Å². The van der Waals surface area contributed by atoms with E-state index in [1.54, 1.807) is 24.3 Å². The van der Waals surface area contributed by atoms with Crippen molar-refractivity contribution in [3.05, 3.63) is 34.3 Å². The van der Waals surface area contributed by atoms with Crippen molar-refractivity contribution in [3.63, 3.8) is 0 Å². The third kappa shape index (κ3) is 1.96. The van der Waals surface area contributed by atoms with Crippen molar-refractivity contribution in [2.75, 3.05) is 0 Å². The lowest BCUT2D eigenvalue weighted by molar-refractivity contribution is 0.460. The number of hydrogen-bond acceptors (Lipinski definition) is 0. The van der Waals surface area contributed by atoms with E-state index in [0.717, 1.165) is 4.47 Å². The van der Waals surface area contributed by atoms with Crippen LogP contribution in [-0.2, 0) is 0 Å². The number of benzene rings is 1. The van der Waals surface area contributed by atoms with Crippen molar-refractivity contribution < 1.29 is 4.39 Å². The molecule has 0 nitrogen and oxygen atoms in total. The van der Waals surface area contributed by atoms with Crippen LogP contribution in [-0.4, -0.2) is 0 Å². The number of halogens is 3. The van der Waals surface area contributed by atoms with Gasteiger partial charge in [-0.2, -0.15) is 0 Å². The Bertz CT molecular complexity index is 207. The monoisotopic (exact) mass is 222 g/mol. The summed E-state index contributed by atoms with van der Waals surface area (Å²) in [5.41, 5.74) is -0.905. The van der Waals surface area contributed by atoms with Gasteiger partial charge < -0.3 is 0 Å². The van der Waals surface area contributed by atoms with Crippen LogP contribution in [0.15, 0.2) is 28.7 Å². The molecule has 0 amide bonds. The Morgan fingerprint density at radius 1 is 1.30 bits per heavy atom. The van der Waals surface area contributed by atoms with Gasteiger partial charge in [0.05, 0.1) is 0 Å². The molecule has 3 heteroatoms. The van der Waals surface area contributed by atoms with E-state index in [1.165, 1.54) is 0 Å². The molecule has 0 N–H and O–H groups in total. The molecule has 0 aromatic heterocycles. The Hall–Kier alpha value is -0.0800. The van der Waals surface area contributed by atoms with E-state index >= 15 is 0 Å².